The van der Waals surface area contributed by atoms with Crippen LogP contribution in [0.4, 0.5) is 5.82 Å². The summed E-state index contributed by atoms with van der Waals surface area (Å²) in [6.45, 7) is 6.09. The highest BCUT2D eigenvalue weighted by molar-refractivity contribution is 5.36. The Bertz CT molecular complexity index is 387. The van der Waals surface area contributed by atoms with Crippen molar-refractivity contribution < 1.29 is 4.74 Å². The number of nitrogens with two attached hydrogens (primary N) is 1. The van der Waals surface area contributed by atoms with E-state index in [1.54, 1.807) is 6.92 Å². The topological polar surface area (TPSA) is 81.0 Å². The van der Waals surface area contributed by atoms with Crippen LogP contribution < -0.4 is 11.3 Å². The smallest absolute Gasteiger partial charge is 0.255 e. The Hall–Kier alpha value is -1.36. The lowest BCUT2D eigenvalue weighted by Gasteiger charge is -2.14. The van der Waals surface area contributed by atoms with Crippen LogP contribution in [0.3, 0.4) is 0 Å². The standard InChI is InChI=1S/C10H17N3O2/c1-4-7(15-5-2)9-12-8(11)6(3)10(14)13-9/h7H,4-5H2,1-3H3,(H3,11,12,13,14). The number of rotatable bonds is 4. The van der Waals surface area contributed by atoms with Crippen LogP contribution in [0, 0.1) is 6.92 Å². The van der Waals surface area contributed by atoms with Gasteiger partial charge in [0.15, 0.2) is 0 Å². The van der Waals surface area contributed by atoms with Gasteiger partial charge in [0.05, 0.1) is 5.56 Å². The average Bonchev–Trinajstić information content (AvgIpc) is 2.22. The number of nitrogens with zero attached hydrogens (tertiary/aromatic N) is 1. The van der Waals surface area contributed by atoms with Gasteiger partial charge in [-0.2, -0.15) is 0 Å². The summed E-state index contributed by atoms with van der Waals surface area (Å²) in [7, 11) is 0. The van der Waals surface area contributed by atoms with E-state index in [2.05, 4.69) is 9.97 Å². The highest BCUT2D eigenvalue weighted by Crippen LogP contribution is 2.17. The normalized spacial score (nSPS) is 12.7. The largest absolute Gasteiger partial charge is 0.383 e. The molecule has 0 amide bonds. The number of ether oxygens (including phenoxy) is 1. The third-order valence-corrected chi connectivity index (χ3v) is 2.25. The highest BCUT2D eigenvalue weighted by Gasteiger charge is 2.13. The lowest BCUT2D eigenvalue weighted by atomic mass is 10.2. The first-order chi connectivity index (χ1) is 7.10. The summed E-state index contributed by atoms with van der Waals surface area (Å²) >= 11 is 0. The molecule has 1 atom stereocenters. The van der Waals surface area contributed by atoms with Crippen molar-refractivity contribution in [3.8, 4) is 0 Å². The number of aromatic amines is 1. The number of H-pyrrole nitrogens is 1. The third-order valence-electron chi connectivity index (χ3n) is 2.25. The summed E-state index contributed by atoms with van der Waals surface area (Å²) in [5.74, 6) is 0.777. The molecule has 0 fully saturated rings. The van der Waals surface area contributed by atoms with E-state index in [1.807, 2.05) is 13.8 Å². The van der Waals surface area contributed by atoms with E-state index in [9.17, 15) is 4.79 Å². The van der Waals surface area contributed by atoms with Gasteiger partial charge in [0, 0.05) is 6.61 Å². The monoisotopic (exact) mass is 211 g/mol. The Morgan fingerprint density at radius 3 is 2.67 bits per heavy atom. The fraction of sp³-hybridized carbons (Fsp3) is 0.600. The van der Waals surface area contributed by atoms with Crippen LogP contribution >= 0.6 is 0 Å². The van der Waals surface area contributed by atoms with Crippen molar-refractivity contribution in [1.29, 1.82) is 0 Å². The van der Waals surface area contributed by atoms with Gasteiger partial charge in [-0.3, -0.25) is 4.79 Å². The molecule has 0 bridgehead atoms. The van der Waals surface area contributed by atoms with E-state index in [0.29, 0.717) is 18.0 Å². The minimum Gasteiger partial charge on any atom is -0.383 e. The van der Waals surface area contributed by atoms with Crippen LogP contribution in [0.1, 0.15) is 37.8 Å². The van der Waals surface area contributed by atoms with Gasteiger partial charge >= 0.3 is 0 Å². The number of nitrogens with one attached hydrogen (secondary N) is 1. The van der Waals surface area contributed by atoms with Gasteiger partial charge < -0.3 is 15.5 Å². The van der Waals surface area contributed by atoms with Crippen molar-refractivity contribution >= 4 is 5.82 Å². The summed E-state index contributed by atoms with van der Waals surface area (Å²) in [5, 5.41) is 0. The van der Waals surface area contributed by atoms with E-state index < -0.39 is 0 Å². The van der Waals surface area contributed by atoms with Crippen molar-refractivity contribution in [2.24, 2.45) is 0 Å². The summed E-state index contributed by atoms with van der Waals surface area (Å²) in [6.07, 6.45) is 0.560. The second kappa shape index (κ2) is 4.93. The van der Waals surface area contributed by atoms with Gasteiger partial charge in [0.25, 0.3) is 5.56 Å². The van der Waals surface area contributed by atoms with Crippen LogP contribution in [0.15, 0.2) is 4.79 Å². The van der Waals surface area contributed by atoms with Crippen molar-refractivity contribution in [2.75, 3.05) is 12.3 Å². The summed E-state index contributed by atoms with van der Waals surface area (Å²) in [5.41, 5.74) is 5.87. The molecule has 1 rings (SSSR count). The minimum atomic E-state index is -0.198. The average molecular weight is 211 g/mol. The molecule has 0 saturated carbocycles. The molecule has 5 heteroatoms. The Labute approximate surface area is 88.7 Å². The zero-order valence-corrected chi connectivity index (χ0v) is 9.33. The van der Waals surface area contributed by atoms with E-state index in [0.717, 1.165) is 6.42 Å². The SMILES string of the molecule is CCOC(CC)c1nc(N)c(C)c(=O)[nH]1. The summed E-state index contributed by atoms with van der Waals surface area (Å²) < 4.78 is 5.44. The van der Waals surface area contributed by atoms with Crippen molar-refractivity contribution in [1.82, 2.24) is 9.97 Å². The fourth-order valence-corrected chi connectivity index (χ4v) is 1.31. The molecule has 0 aromatic carbocycles. The maximum absolute atomic E-state index is 11.5. The molecule has 0 aliphatic rings. The molecule has 15 heavy (non-hydrogen) atoms. The lowest BCUT2D eigenvalue weighted by Crippen LogP contribution is -2.20. The quantitative estimate of drug-likeness (QED) is 0.782. The Balaban J connectivity index is 3.09. The maximum atomic E-state index is 11.5. The molecular weight excluding hydrogens is 194 g/mol. The first-order valence-corrected chi connectivity index (χ1v) is 5.08. The van der Waals surface area contributed by atoms with Crippen LogP contribution in [-0.4, -0.2) is 16.6 Å². The Kier molecular flexibility index (Phi) is 3.85. The van der Waals surface area contributed by atoms with Crippen LogP contribution in [0.5, 0.6) is 0 Å². The summed E-state index contributed by atoms with van der Waals surface area (Å²) in [4.78, 5) is 18.3. The van der Waals surface area contributed by atoms with Crippen LogP contribution in [0.2, 0.25) is 0 Å². The number of anilines is 1. The first-order valence-electron chi connectivity index (χ1n) is 5.08. The maximum Gasteiger partial charge on any atom is 0.255 e. The molecule has 0 radical (unpaired) electrons. The fourth-order valence-electron chi connectivity index (χ4n) is 1.31. The number of aromatic nitrogens is 2. The molecule has 1 unspecified atom stereocenters. The van der Waals surface area contributed by atoms with Gasteiger partial charge in [-0.1, -0.05) is 6.92 Å². The zero-order valence-electron chi connectivity index (χ0n) is 9.33. The highest BCUT2D eigenvalue weighted by atomic mass is 16.5. The second-order valence-corrected chi connectivity index (χ2v) is 3.31. The minimum absolute atomic E-state index is 0.189. The Morgan fingerprint density at radius 1 is 1.53 bits per heavy atom. The molecule has 0 spiro atoms. The van der Waals surface area contributed by atoms with Gasteiger partial charge in [-0.05, 0) is 20.3 Å². The predicted octanol–water partition coefficient (Wildman–Crippen LogP) is 1.15. The third kappa shape index (κ3) is 2.56. The van der Waals surface area contributed by atoms with Gasteiger partial charge in [0.2, 0.25) is 0 Å². The number of hydrogen-bond acceptors (Lipinski definition) is 4. The van der Waals surface area contributed by atoms with E-state index in [-0.39, 0.29) is 17.5 Å². The Morgan fingerprint density at radius 2 is 2.20 bits per heavy atom. The molecule has 0 saturated heterocycles. The van der Waals surface area contributed by atoms with Gasteiger partial charge in [0.1, 0.15) is 17.7 Å². The second-order valence-electron chi connectivity index (χ2n) is 3.31. The van der Waals surface area contributed by atoms with Crippen molar-refractivity contribution in [2.45, 2.75) is 33.3 Å². The van der Waals surface area contributed by atoms with Crippen LogP contribution in [-0.2, 0) is 4.74 Å². The number of nitrogen functional groups attached to an aromatic ring is 1. The molecule has 0 aliphatic carbocycles. The predicted molar refractivity (Wildman–Crippen MR) is 58.7 cm³/mol. The number of hydrogen-bond donors (Lipinski definition) is 2. The molecule has 1 aromatic rings. The van der Waals surface area contributed by atoms with Gasteiger partial charge in [-0.15, -0.1) is 0 Å². The van der Waals surface area contributed by atoms with Gasteiger partial charge in [-0.25, -0.2) is 4.98 Å². The molecule has 84 valence electrons. The molecule has 5 nitrogen and oxygen atoms in total. The first kappa shape index (κ1) is 11.7. The van der Waals surface area contributed by atoms with E-state index >= 15 is 0 Å². The van der Waals surface area contributed by atoms with Crippen molar-refractivity contribution in [3.05, 3.63) is 21.7 Å². The van der Waals surface area contributed by atoms with Crippen LogP contribution in [0.25, 0.3) is 0 Å². The molecule has 1 aromatic heterocycles. The molecular formula is C10H17N3O2. The summed E-state index contributed by atoms with van der Waals surface area (Å²) in [6, 6.07) is 0. The zero-order chi connectivity index (χ0) is 11.4. The molecule has 0 aliphatic heterocycles. The lowest BCUT2D eigenvalue weighted by molar-refractivity contribution is 0.0534. The molecule has 3 N–H and O–H groups in total. The van der Waals surface area contributed by atoms with E-state index in [1.165, 1.54) is 0 Å². The molecule has 1 heterocycles. The van der Waals surface area contributed by atoms with E-state index in [4.69, 9.17) is 10.5 Å². The van der Waals surface area contributed by atoms with Crippen molar-refractivity contribution in [3.63, 3.8) is 0 Å².